The fourth-order valence-electron chi connectivity index (χ4n) is 3.26. The van der Waals surface area contributed by atoms with Crippen LogP contribution in [-0.2, 0) is 30.9 Å². The maximum atomic E-state index is 13.4. The molecule has 32 heavy (non-hydrogen) atoms. The number of ether oxygens (including phenoxy) is 2. The molecule has 1 N–H and O–H groups in total. The quantitative estimate of drug-likeness (QED) is 0.457. The van der Waals surface area contributed by atoms with Crippen molar-refractivity contribution in [2.24, 2.45) is 5.92 Å². The molecule has 0 atom stereocenters. The number of hydrogen-bond acceptors (Lipinski definition) is 6. The summed E-state index contributed by atoms with van der Waals surface area (Å²) in [7, 11) is -1.54. The maximum Gasteiger partial charge on any atom is 0.354 e. The Kier molecular flexibility index (Phi) is 7.19. The number of hydrogen-bond donors (Lipinski definition) is 1. The predicted molar refractivity (Wildman–Crippen MR) is 119 cm³/mol. The molecule has 0 bridgehead atoms. The molecule has 0 saturated heterocycles. The molecule has 9 heteroatoms. The Bertz CT molecular complexity index is 1110. The first-order valence-corrected chi connectivity index (χ1v) is 11.5. The Morgan fingerprint density at radius 1 is 1.09 bits per heavy atom. The molecule has 170 valence electrons. The normalized spacial score (nSPS) is 13.6. The molecule has 0 unspecified atom stereocenters. The Balaban J connectivity index is 1.96. The van der Waals surface area contributed by atoms with Crippen LogP contribution >= 0.6 is 0 Å². The molecule has 2 aromatic carbocycles. The van der Waals surface area contributed by atoms with Gasteiger partial charge < -0.3 is 14.8 Å². The maximum absolute atomic E-state index is 13.4. The van der Waals surface area contributed by atoms with E-state index in [9.17, 15) is 18.0 Å². The highest BCUT2D eigenvalue weighted by molar-refractivity contribution is 7.89. The van der Waals surface area contributed by atoms with Crippen LogP contribution in [0.1, 0.15) is 24.8 Å². The van der Waals surface area contributed by atoms with Crippen molar-refractivity contribution in [2.45, 2.75) is 30.7 Å². The minimum atomic E-state index is -4.17. The van der Waals surface area contributed by atoms with Gasteiger partial charge in [0.05, 0.1) is 25.7 Å². The highest BCUT2D eigenvalue weighted by atomic mass is 32.2. The van der Waals surface area contributed by atoms with Crippen LogP contribution in [0.5, 0.6) is 5.75 Å². The zero-order valence-corrected chi connectivity index (χ0v) is 18.9. The van der Waals surface area contributed by atoms with Crippen LogP contribution in [0.3, 0.4) is 0 Å². The number of rotatable bonds is 9. The average Bonchev–Trinajstić information content (AvgIpc) is 2.76. The second-order valence-corrected chi connectivity index (χ2v) is 9.26. The molecule has 8 nitrogen and oxygen atoms in total. The van der Waals surface area contributed by atoms with Crippen LogP contribution in [0, 0.1) is 5.92 Å². The van der Waals surface area contributed by atoms with E-state index in [2.05, 4.69) is 11.9 Å². The van der Waals surface area contributed by atoms with E-state index in [-0.39, 0.29) is 29.0 Å². The summed E-state index contributed by atoms with van der Waals surface area (Å²) < 4.78 is 37.5. The van der Waals surface area contributed by atoms with Crippen molar-refractivity contribution in [1.82, 2.24) is 4.31 Å². The summed E-state index contributed by atoms with van der Waals surface area (Å²) in [6, 6.07) is 12.7. The first-order chi connectivity index (χ1) is 15.3. The van der Waals surface area contributed by atoms with Gasteiger partial charge in [0.1, 0.15) is 11.4 Å². The molecule has 3 rings (SSSR count). The molecular weight excluding hydrogens is 432 g/mol. The second-order valence-electron chi connectivity index (χ2n) is 7.40. The van der Waals surface area contributed by atoms with Crippen molar-refractivity contribution in [3.63, 3.8) is 0 Å². The van der Waals surface area contributed by atoms with E-state index in [4.69, 9.17) is 9.47 Å². The minimum absolute atomic E-state index is 0.0350. The Morgan fingerprint density at radius 3 is 2.31 bits per heavy atom. The summed E-state index contributed by atoms with van der Waals surface area (Å²) in [6.07, 6.45) is 2.70. The fraction of sp³-hybridized carbons (Fsp3) is 0.304. The zero-order chi connectivity index (χ0) is 23.3. The molecule has 1 saturated carbocycles. The van der Waals surface area contributed by atoms with Crippen molar-refractivity contribution >= 4 is 27.6 Å². The molecule has 1 fully saturated rings. The molecule has 0 aromatic heterocycles. The van der Waals surface area contributed by atoms with Crippen molar-refractivity contribution in [3.05, 3.63) is 66.4 Å². The largest absolute Gasteiger partial charge is 0.497 e. The summed E-state index contributed by atoms with van der Waals surface area (Å²) in [5.74, 6) is -0.517. The third-order valence-corrected chi connectivity index (χ3v) is 7.23. The standard InChI is InChI=1S/C23H26N2O6S/c1-16(23(27)31-3)25(32(28,29)20-13-11-19(30-2)12-14-20)15-18-7-4-5-10-21(18)24-22(26)17-8-6-9-17/h4-5,7,10-14,17H,1,6,8-9,15H2,2-3H3,(H,24,26). The average molecular weight is 459 g/mol. The summed E-state index contributed by atoms with van der Waals surface area (Å²) in [6.45, 7) is 3.43. The number of carbonyl (C=O) groups excluding carboxylic acids is 2. The van der Waals surface area contributed by atoms with Gasteiger partial charge in [-0.05, 0) is 48.7 Å². The minimum Gasteiger partial charge on any atom is -0.497 e. The number of para-hydroxylation sites is 1. The molecule has 0 aliphatic heterocycles. The molecule has 1 amide bonds. The molecule has 2 aromatic rings. The Labute approximate surface area is 187 Å². The fourth-order valence-corrected chi connectivity index (χ4v) is 4.67. The molecule has 0 spiro atoms. The highest BCUT2D eigenvalue weighted by Crippen LogP contribution is 2.30. The van der Waals surface area contributed by atoms with Crippen LogP contribution in [0.2, 0.25) is 0 Å². The predicted octanol–water partition coefficient (Wildman–Crippen LogP) is 3.31. The second kappa shape index (κ2) is 9.86. The number of carbonyl (C=O) groups is 2. The first-order valence-electron chi connectivity index (χ1n) is 10.1. The molecule has 0 radical (unpaired) electrons. The number of benzene rings is 2. The molecular formula is C23H26N2O6S. The van der Waals surface area contributed by atoms with E-state index in [1.165, 1.54) is 31.4 Å². The lowest BCUT2D eigenvalue weighted by atomic mass is 9.85. The van der Waals surface area contributed by atoms with Gasteiger partial charge in [-0.3, -0.25) is 9.10 Å². The van der Waals surface area contributed by atoms with Crippen LogP contribution < -0.4 is 10.1 Å². The van der Waals surface area contributed by atoms with Gasteiger partial charge in [0.2, 0.25) is 5.91 Å². The SMILES string of the molecule is C=C(C(=O)OC)N(Cc1ccccc1NC(=O)C1CCC1)S(=O)(=O)c1ccc(OC)cc1. The van der Waals surface area contributed by atoms with Crippen molar-refractivity contribution in [2.75, 3.05) is 19.5 Å². The monoisotopic (exact) mass is 458 g/mol. The van der Waals surface area contributed by atoms with Gasteiger partial charge in [-0.15, -0.1) is 0 Å². The summed E-state index contributed by atoms with van der Waals surface area (Å²) in [4.78, 5) is 24.6. The van der Waals surface area contributed by atoms with E-state index >= 15 is 0 Å². The number of nitrogens with zero attached hydrogens (tertiary/aromatic N) is 1. The summed E-state index contributed by atoms with van der Waals surface area (Å²) >= 11 is 0. The first kappa shape index (κ1) is 23.3. The van der Waals surface area contributed by atoms with Crippen LogP contribution in [0.4, 0.5) is 5.69 Å². The van der Waals surface area contributed by atoms with Gasteiger partial charge in [0.25, 0.3) is 10.0 Å². The topological polar surface area (TPSA) is 102 Å². The summed E-state index contributed by atoms with van der Waals surface area (Å²) in [5.41, 5.74) is 0.655. The lowest BCUT2D eigenvalue weighted by Gasteiger charge is -2.27. The van der Waals surface area contributed by atoms with E-state index in [0.29, 0.717) is 17.0 Å². The number of nitrogens with one attached hydrogen (secondary N) is 1. The number of amides is 1. The molecule has 1 aliphatic rings. The van der Waals surface area contributed by atoms with E-state index in [0.717, 1.165) is 30.7 Å². The van der Waals surface area contributed by atoms with Gasteiger partial charge >= 0.3 is 5.97 Å². The van der Waals surface area contributed by atoms with E-state index < -0.39 is 16.0 Å². The van der Waals surface area contributed by atoms with Gasteiger partial charge in [-0.2, -0.15) is 0 Å². The van der Waals surface area contributed by atoms with Crippen LogP contribution in [0.15, 0.2) is 65.7 Å². The number of sulfonamides is 1. The number of anilines is 1. The van der Waals surface area contributed by atoms with Crippen LogP contribution in [-0.4, -0.2) is 38.8 Å². The third-order valence-electron chi connectivity index (χ3n) is 5.43. The molecule has 0 heterocycles. The Hall–Kier alpha value is -3.33. The number of methoxy groups -OCH3 is 2. The zero-order valence-electron chi connectivity index (χ0n) is 18.0. The number of esters is 1. The Morgan fingerprint density at radius 2 is 1.75 bits per heavy atom. The van der Waals surface area contributed by atoms with Crippen molar-refractivity contribution < 1.29 is 27.5 Å². The van der Waals surface area contributed by atoms with Crippen molar-refractivity contribution in [3.8, 4) is 5.75 Å². The third kappa shape index (κ3) is 4.94. The van der Waals surface area contributed by atoms with Gasteiger partial charge in [0, 0.05) is 11.6 Å². The van der Waals surface area contributed by atoms with Crippen LogP contribution in [0.25, 0.3) is 0 Å². The highest BCUT2D eigenvalue weighted by Gasteiger charge is 2.31. The van der Waals surface area contributed by atoms with E-state index in [1.807, 2.05) is 0 Å². The summed E-state index contributed by atoms with van der Waals surface area (Å²) in [5, 5.41) is 2.88. The van der Waals surface area contributed by atoms with Gasteiger partial charge in [-0.1, -0.05) is 31.2 Å². The lowest BCUT2D eigenvalue weighted by molar-refractivity contribution is -0.137. The van der Waals surface area contributed by atoms with Gasteiger partial charge in [-0.25, -0.2) is 13.2 Å². The van der Waals surface area contributed by atoms with Crippen molar-refractivity contribution in [1.29, 1.82) is 0 Å². The van der Waals surface area contributed by atoms with E-state index in [1.54, 1.807) is 24.3 Å². The lowest BCUT2D eigenvalue weighted by Crippen LogP contribution is -2.34. The smallest absolute Gasteiger partial charge is 0.354 e. The molecule has 1 aliphatic carbocycles. The van der Waals surface area contributed by atoms with Gasteiger partial charge in [0.15, 0.2) is 0 Å².